The Hall–Kier alpha value is -2.35. The van der Waals surface area contributed by atoms with Gasteiger partial charge in [0.05, 0.1) is 24.1 Å². The highest BCUT2D eigenvalue weighted by Gasteiger charge is 2.05. The van der Waals surface area contributed by atoms with Gasteiger partial charge in [0.15, 0.2) is 0 Å². The van der Waals surface area contributed by atoms with E-state index in [2.05, 4.69) is 26.3 Å². The van der Waals surface area contributed by atoms with Crippen molar-refractivity contribution in [1.29, 1.82) is 5.26 Å². The number of aryl methyl sites for hydroxylation is 1. The summed E-state index contributed by atoms with van der Waals surface area (Å²) in [6, 6.07) is 3.96. The fraction of sp³-hybridized carbons (Fsp3) is 0.182. The van der Waals surface area contributed by atoms with Gasteiger partial charge in [-0.3, -0.25) is 0 Å². The van der Waals surface area contributed by atoms with Crippen LogP contribution in [0.5, 0.6) is 0 Å². The largest absolute Gasteiger partial charge is 0.363 e. The molecule has 80 valence electrons. The van der Waals surface area contributed by atoms with E-state index in [0.717, 1.165) is 11.3 Å². The summed E-state index contributed by atoms with van der Waals surface area (Å²) in [5.41, 5.74) is 2.46. The molecule has 0 radical (unpaired) electrons. The van der Waals surface area contributed by atoms with Crippen LogP contribution in [0.15, 0.2) is 24.8 Å². The van der Waals surface area contributed by atoms with Crippen molar-refractivity contribution in [2.24, 2.45) is 0 Å². The lowest BCUT2D eigenvalue weighted by molar-refractivity contribution is 1.05. The van der Waals surface area contributed by atoms with Crippen molar-refractivity contribution >= 4 is 5.82 Å². The Morgan fingerprint density at radius 3 is 3.12 bits per heavy atom. The van der Waals surface area contributed by atoms with E-state index in [0.29, 0.717) is 17.9 Å². The molecule has 2 aromatic heterocycles. The Balaban J connectivity index is 2.16. The van der Waals surface area contributed by atoms with Crippen LogP contribution in [0.25, 0.3) is 0 Å². The highest BCUT2D eigenvalue weighted by atomic mass is 15.0. The summed E-state index contributed by atoms with van der Waals surface area (Å²) in [5, 5.41) is 12.1. The number of nitrogens with one attached hydrogen (secondary N) is 2. The fourth-order valence-corrected chi connectivity index (χ4v) is 1.39. The molecule has 0 unspecified atom stereocenters. The van der Waals surface area contributed by atoms with Crippen molar-refractivity contribution in [3.8, 4) is 6.07 Å². The molecular weight excluding hydrogens is 202 g/mol. The van der Waals surface area contributed by atoms with E-state index < -0.39 is 0 Å². The molecule has 5 heteroatoms. The molecule has 0 amide bonds. The van der Waals surface area contributed by atoms with E-state index in [-0.39, 0.29) is 0 Å². The Morgan fingerprint density at radius 2 is 2.44 bits per heavy atom. The van der Waals surface area contributed by atoms with Crippen LogP contribution in [-0.2, 0) is 6.54 Å². The first kappa shape index (κ1) is 10.2. The zero-order valence-electron chi connectivity index (χ0n) is 8.86. The number of rotatable bonds is 3. The van der Waals surface area contributed by atoms with Crippen molar-refractivity contribution in [1.82, 2.24) is 15.0 Å². The van der Waals surface area contributed by atoms with E-state index in [1.165, 1.54) is 0 Å². The summed E-state index contributed by atoms with van der Waals surface area (Å²) < 4.78 is 0. The second-order valence-electron chi connectivity index (χ2n) is 3.39. The second-order valence-corrected chi connectivity index (χ2v) is 3.39. The topological polar surface area (TPSA) is 77.4 Å². The van der Waals surface area contributed by atoms with Gasteiger partial charge in [0.25, 0.3) is 0 Å². The van der Waals surface area contributed by atoms with E-state index in [1.807, 2.05) is 13.0 Å². The van der Waals surface area contributed by atoms with Crippen molar-refractivity contribution in [2.75, 3.05) is 5.32 Å². The van der Waals surface area contributed by atoms with Gasteiger partial charge in [0.2, 0.25) is 0 Å². The average molecular weight is 213 g/mol. The molecular formula is C11H11N5. The average Bonchev–Trinajstić information content (AvgIpc) is 2.79. The quantitative estimate of drug-likeness (QED) is 0.811. The van der Waals surface area contributed by atoms with Gasteiger partial charge in [-0.1, -0.05) is 0 Å². The van der Waals surface area contributed by atoms with Gasteiger partial charge >= 0.3 is 0 Å². The van der Waals surface area contributed by atoms with Gasteiger partial charge in [-0.25, -0.2) is 9.97 Å². The van der Waals surface area contributed by atoms with E-state index in [9.17, 15) is 0 Å². The van der Waals surface area contributed by atoms with Crippen molar-refractivity contribution < 1.29 is 0 Å². The maximum atomic E-state index is 9.01. The maximum absolute atomic E-state index is 9.01. The molecule has 0 aliphatic rings. The SMILES string of the molecule is Cc1ccnc(NCc2cnc[nH]2)c1C#N. The lowest BCUT2D eigenvalue weighted by Crippen LogP contribution is -2.04. The van der Waals surface area contributed by atoms with Crippen molar-refractivity contribution in [3.63, 3.8) is 0 Å². The zero-order valence-corrected chi connectivity index (χ0v) is 8.86. The molecule has 0 aliphatic carbocycles. The monoisotopic (exact) mass is 213 g/mol. The van der Waals surface area contributed by atoms with Gasteiger partial charge in [-0.2, -0.15) is 5.26 Å². The molecule has 2 rings (SSSR count). The third kappa shape index (κ3) is 2.01. The fourth-order valence-electron chi connectivity index (χ4n) is 1.39. The normalized spacial score (nSPS) is 9.75. The summed E-state index contributed by atoms with van der Waals surface area (Å²) >= 11 is 0. The smallest absolute Gasteiger partial charge is 0.144 e. The number of nitrogens with zero attached hydrogens (tertiary/aromatic N) is 3. The predicted octanol–water partition coefficient (Wildman–Crippen LogP) is 1.60. The molecule has 0 aliphatic heterocycles. The number of imidazole rings is 1. The molecule has 2 N–H and O–H groups in total. The number of hydrogen-bond acceptors (Lipinski definition) is 4. The highest BCUT2D eigenvalue weighted by Crippen LogP contribution is 2.15. The number of H-pyrrole nitrogens is 1. The van der Waals surface area contributed by atoms with Gasteiger partial charge in [-0.05, 0) is 18.6 Å². The van der Waals surface area contributed by atoms with Gasteiger partial charge < -0.3 is 10.3 Å². The summed E-state index contributed by atoms with van der Waals surface area (Å²) in [6.07, 6.45) is 5.03. The summed E-state index contributed by atoms with van der Waals surface area (Å²) in [7, 11) is 0. The minimum atomic E-state index is 0.575. The minimum absolute atomic E-state index is 0.575. The van der Waals surface area contributed by atoms with E-state index >= 15 is 0 Å². The van der Waals surface area contributed by atoms with Gasteiger partial charge in [0, 0.05) is 12.4 Å². The van der Waals surface area contributed by atoms with Gasteiger partial charge in [-0.15, -0.1) is 0 Å². The minimum Gasteiger partial charge on any atom is -0.363 e. The number of nitriles is 1. The Bertz CT molecular complexity index is 510. The third-order valence-corrected chi connectivity index (χ3v) is 2.27. The van der Waals surface area contributed by atoms with Crippen molar-refractivity contribution in [2.45, 2.75) is 13.5 Å². The maximum Gasteiger partial charge on any atom is 0.144 e. The summed E-state index contributed by atoms with van der Waals surface area (Å²) in [6.45, 7) is 2.47. The number of pyridine rings is 1. The molecule has 0 aromatic carbocycles. The van der Waals surface area contributed by atoms with Crippen LogP contribution in [0.4, 0.5) is 5.82 Å². The number of aromatic amines is 1. The molecule has 0 atom stereocenters. The van der Waals surface area contributed by atoms with Crippen LogP contribution in [0.2, 0.25) is 0 Å². The first-order chi connectivity index (χ1) is 7.81. The van der Waals surface area contributed by atoms with Crippen LogP contribution in [0.3, 0.4) is 0 Å². The first-order valence-corrected chi connectivity index (χ1v) is 4.88. The first-order valence-electron chi connectivity index (χ1n) is 4.88. The zero-order chi connectivity index (χ0) is 11.4. The second kappa shape index (κ2) is 4.45. The molecule has 2 heterocycles. The van der Waals surface area contributed by atoms with Gasteiger partial charge in [0.1, 0.15) is 11.9 Å². The third-order valence-electron chi connectivity index (χ3n) is 2.27. The van der Waals surface area contributed by atoms with Crippen LogP contribution in [0.1, 0.15) is 16.8 Å². The standard InChI is InChI=1S/C11H11N5/c1-8-2-3-14-11(10(8)4-12)15-6-9-5-13-7-16-9/h2-3,5,7H,6H2,1H3,(H,13,16)(H,14,15). The Labute approximate surface area is 93.2 Å². The molecule has 5 nitrogen and oxygen atoms in total. The van der Waals surface area contributed by atoms with Crippen LogP contribution in [0, 0.1) is 18.3 Å². The number of hydrogen-bond donors (Lipinski definition) is 2. The Morgan fingerprint density at radius 1 is 1.56 bits per heavy atom. The highest BCUT2D eigenvalue weighted by molar-refractivity contribution is 5.55. The molecule has 16 heavy (non-hydrogen) atoms. The van der Waals surface area contributed by atoms with E-state index in [1.54, 1.807) is 18.7 Å². The summed E-state index contributed by atoms with van der Waals surface area (Å²) in [5.74, 6) is 0.608. The molecule has 0 saturated carbocycles. The van der Waals surface area contributed by atoms with Crippen molar-refractivity contribution in [3.05, 3.63) is 41.6 Å². The van der Waals surface area contributed by atoms with Crippen LogP contribution in [-0.4, -0.2) is 15.0 Å². The molecule has 0 saturated heterocycles. The lowest BCUT2D eigenvalue weighted by atomic mass is 10.1. The number of aromatic nitrogens is 3. The predicted molar refractivity (Wildman–Crippen MR) is 59.6 cm³/mol. The molecule has 0 bridgehead atoms. The Kier molecular flexibility index (Phi) is 2.83. The van der Waals surface area contributed by atoms with Crippen LogP contribution >= 0.6 is 0 Å². The molecule has 0 spiro atoms. The lowest BCUT2D eigenvalue weighted by Gasteiger charge is -2.07. The molecule has 2 aromatic rings. The number of anilines is 1. The molecule has 0 fully saturated rings. The van der Waals surface area contributed by atoms with E-state index in [4.69, 9.17) is 5.26 Å². The summed E-state index contributed by atoms with van der Waals surface area (Å²) in [4.78, 5) is 11.0. The van der Waals surface area contributed by atoms with Crippen LogP contribution < -0.4 is 5.32 Å².